The van der Waals surface area contributed by atoms with E-state index in [1.54, 1.807) is 0 Å². The zero-order chi connectivity index (χ0) is 9.97. The van der Waals surface area contributed by atoms with Crippen molar-refractivity contribution in [3.63, 3.8) is 0 Å². The minimum Gasteiger partial charge on any atom is -0.302 e. The van der Waals surface area contributed by atoms with Crippen LogP contribution in [0.1, 0.15) is 25.0 Å². The molecule has 0 bridgehead atoms. The van der Waals surface area contributed by atoms with E-state index in [1.807, 2.05) is 0 Å². The predicted molar refractivity (Wildman–Crippen MR) is 55.9 cm³/mol. The summed E-state index contributed by atoms with van der Waals surface area (Å²) in [6.07, 6.45) is 4.25. The number of rotatable bonds is 2. The lowest BCUT2D eigenvalue weighted by Gasteiger charge is -2.21. The van der Waals surface area contributed by atoms with Gasteiger partial charge in [-0.05, 0) is 13.5 Å². The molecule has 1 N–H and O–H groups in total. The van der Waals surface area contributed by atoms with E-state index >= 15 is 0 Å². The van der Waals surface area contributed by atoms with Crippen LogP contribution in [0, 0.1) is 0 Å². The summed E-state index contributed by atoms with van der Waals surface area (Å²) in [5.74, 6) is 1.84. The summed E-state index contributed by atoms with van der Waals surface area (Å²) in [6.45, 7) is 4.17. The average molecular weight is 192 g/mol. The summed E-state index contributed by atoms with van der Waals surface area (Å²) in [6, 6.07) is 0. The number of nitrogens with one attached hydrogen (secondary N) is 1. The molecule has 14 heavy (non-hydrogen) atoms. The molecule has 2 heterocycles. The van der Waals surface area contributed by atoms with Crippen molar-refractivity contribution in [3.05, 3.63) is 17.7 Å². The van der Waals surface area contributed by atoms with Crippen molar-refractivity contribution in [1.82, 2.24) is 20.1 Å². The molecule has 0 saturated carbocycles. The van der Waals surface area contributed by atoms with Gasteiger partial charge in [0.25, 0.3) is 0 Å². The third-order valence-corrected chi connectivity index (χ3v) is 2.50. The number of H-pyrrole nitrogens is 1. The van der Waals surface area contributed by atoms with E-state index in [9.17, 15) is 0 Å². The van der Waals surface area contributed by atoms with Crippen molar-refractivity contribution in [2.45, 2.75) is 19.8 Å². The summed E-state index contributed by atoms with van der Waals surface area (Å²) in [4.78, 5) is 6.71. The normalized spacial score (nSPS) is 18.3. The summed E-state index contributed by atoms with van der Waals surface area (Å²) in [7, 11) is 2.13. The maximum Gasteiger partial charge on any atom is 0.178 e. The number of aromatic amines is 1. The molecule has 0 atom stereocenters. The highest BCUT2D eigenvalue weighted by atomic mass is 15.2. The van der Waals surface area contributed by atoms with Crippen molar-refractivity contribution in [3.8, 4) is 0 Å². The topological polar surface area (TPSA) is 44.8 Å². The van der Waals surface area contributed by atoms with Crippen LogP contribution >= 0.6 is 0 Å². The van der Waals surface area contributed by atoms with Gasteiger partial charge in [0, 0.05) is 25.1 Å². The molecule has 0 aliphatic carbocycles. The van der Waals surface area contributed by atoms with Gasteiger partial charge in [-0.1, -0.05) is 13.0 Å². The molecule has 4 heteroatoms. The molecular weight excluding hydrogens is 176 g/mol. The number of aromatic nitrogens is 3. The first kappa shape index (κ1) is 9.40. The minimum atomic E-state index is 0.869. The molecule has 1 aliphatic rings. The highest BCUT2D eigenvalue weighted by Gasteiger charge is 2.13. The first-order chi connectivity index (χ1) is 6.79. The lowest BCUT2D eigenvalue weighted by molar-refractivity contribution is 0.372. The fourth-order valence-electron chi connectivity index (χ4n) is 1.65. The van der Waals surface area contributed by atoms with E-state index in [4.69, 9.17) is 0 Å². The van der Waals surface area contributed by atoms with Crippen molar-refractivity contribution in [2.75, 3.05) is 20.1 Å². The van der Waals surface area contributed by atoms with E-state index in [0.717, 1.165) is 37.6 Å². The molecule has 4 nitrogen and oxygen atoms in total. The SMILES string of the molecule is CCc1nc(C2=CCCN(C)C2)n[nH]1. The maximum atomic E-state index is 4.43. The van der Waals surface area contributed by atoms with Gasteiger partial charge in [0.1, 0.15) is 5.82 Å². The molecular formula is C10H16N4. The second-order valence-electron chi connectivity index (χ2n) is 3.72. The van der Waals surface area contributed by atoms with Crippen molar-refractivity contribution < 1.29 is 0 Å². The van der Waals surface area contributed by atoms with E-state index in [0.29, 0.717) is 0 Å². The van der Waals surface area contributed by atoms with Gasteiger partial charge in [0.2, 0.25) is 0 Å². The largest absolute Gasteiger partial charge is 0.302 e. The van der Waals surface area contributed by atoms with Crippen LogP contribution in [0.4, 0.5) is 0 Å². The third-order valence-electron chi connectivity index (χ3n) is 2.50. The molecule has 0 radical (unpaired) electrons. The van der Waals surface area contributed by atoms with Crippen molar-refractivity contribution >= 4 is 5.57 Å². The Balaban J connectivity index is 2.18. The number of hydrogen-bond acceptors (Lipinski definition) is 3. The van der Waals surface area contributed by atoms with Crippen LogP contribution < -0.4 is 0 Å². The van der Waals surface area contributed by atoms with Gasteiger partial charge in [-0.3, -0.25) is 5.10 Å². The fourth-order valence-corrected chi connectivity index (χ4v) is 1.65. The van der Waals surface area contributed by atoms with E-state index in [-0.39, 0.29) is 0 Å². The average Bonchev–Trinajstić information content (AvgIpc) is 2.66. The van der Waals surface area contributed by atoms with Crippen LogP contribution in [0.2, 0.25) is 0 Å². The Morgan fingerprint density at radius 2 is 2.43 bits per heavy atom. The van der Waals surface area contributed by atoms with Crippen LogP contribution in [0.15, 0.2) is 6.08 Å². The van der Waals surface area contributed by atoms with Crippen molar-refractivity contribution in [2.24, 2.45) is 0 Å². The molecule has 0 spiro atoms. The van der Waals surface area contributed by atoms with Gasteiger partial charge < -0.3 is 4.90 Å². The summed E-state index contributed by atoms with van der Waals surface area (Å²) < 4.78 is 0. The summed E-state index contributed by atoms with van der Waals surface area (Å²) >= 11 is 0. The summed E-state index contributed by atoms with van der Waals surface area (Å²) in [5.41, 5.74) is 1.25. The van der Waals surface area contributed by atoms with Gasteiger partial charge in [-0.2, -0.15) is 5.10 Å². The van der Waals surface area contributed by atoms with Crippen molar-refractivity contribution in [1.29, 1.82) is 0 Å². The van der Waals surface area contributed by atoms with E-state index in [1.165, 1.54) is 5.57 Å². The number of nitrogens with zero attached hydrogens (tertiary/aromatic N) is 3. The molecule has 1 aromatic rings. The van der Waals surface area contributed by atoms with Gasteiger partial charge in [-0.25, -0.2) is 4.98 Å². The van der Waals surface area contributed by atoms with Gasteiger partial charge in [-0.15, -0.1) is 0 Å². The number of aryl methyl sites for hydroxylation is 1. The molecule has 0 unspecified atom stereocenters. The first-order valence-electron chi connectivity index (χ1n) is 5.09. The van der Waals surface area contributed by atoms with Gasteiger partial charge in [0.05, 0.1) is 0 Å². The van der Waals surface area contributed by atoms with E-state index in [2.05, 4.69) is 40.1 Å². The maximum absolute atomic E-state index is 4.43. The molecule has 1 aromatic heterocycles. The molecule has 0 amide bonds. The molecule has 2 rings (SSSR count). The smallest absolute Gasteiger partial charge is 0.178 e. The van der Waals surface area contributed by atoms with Crippen LogP contribution in [0.5, 0.6) is 0 Å². The standard InChI is InChI=1S/C10H16N4/c1-3-9-11-10(13-12-9)8-5-4-6-14(2)7-8/h5H,3-4,6-7H2,1-2H3,(H,11,12,13). The Morgan fingerprint density at radius 1 is 1.57 bits per heavy atom. The molecule has 76 valence electrons. The minimum absolute atomic E-state index is 0.869. The van der Waals surface area contributed by atoms with Crippen LogP contribution in [-0.4, -0.2) is 40.2 Å². The Bertz CT molecular complexity index is 340. The second kappa shape index (κ2) is 3.92. The molecule has 0 fully saturated rings. The quantitative estimate of drug-likeness (QED) is 0.762. The molecule has 0 aromatic carbocycles. The summed E-state index contributed by atoms with van der Waals surface area (Å²) in [5, 5.41) is 7.16. The van der Waals surface area contributed by atoms with Gasteiger partial charge in [0.15, 0.2) is 5.82 Å². The Labute approximate surface area is 84.0 Å². The zero-order valence-corrected chi connectivity index (χ0v) is 8.75. The zero-order valence-electron chi connectivity index (χ0n) is 8.75. The van der Waals surface area contributed by atoms with Crippen LogP contribution in [-0.2, 0) is 6.42 Å². The second-order valence-corrected chi connectivity index (χ2v) is 3.72. The Kier molecular flexibility index (Phi) is 2.63. The predicted octanol–water partition coefficient (Wildman–Crippen LogP) is 1.09. The van der Waals surface area contributed by atoms with Crippen LogP contribution in [0.3, 0.4) is 0 Å². The Morgan fingerprint density at radius 3 is 3.07 bits per heavy atom. The Hall–Kier alpha value is -1.16. The highest BCUT2D eigenvalue weighted by Crippen LogP contribution is 2.16. The first-order valence-corrected chi connectivity index (χ1v) is 5.09. The number of hydrogen-bond donors (Lipinski definition) is 1. The monoisotopic (exact) mass is 192 g/mol. The van der Waals surface area contributed by atoms with Crippen LogP contribution in [0.25, 0.3) is 5.57 Å². The third kappa shape index (κ3) is 1.85. The lowest BCUT2D eigenvalue weighted by Crippen LogP contribution is -2.25. The van der Waals surface area contributed by atoms with Gasteiger partial charge >= 0.3 is 0 Å². The lowest BCUT2D eigenvalue weighted by atomic mass is 10.1. The molecule has 0 saturated heterocycles. The van der Waals surface area contributed by atoms with E-state index < -0.39 is 0 Å². The fraction of sp³-hybridized carbons (Fsp3) is 0.600. The molecule has 1 aliphatic heterocycles. The highest BCUT2D eigenvalue weighted by molar-refractivity contribution is 5.61. The number of likely N-dealkylation sites (N-methyl/N-ethyl adjacent to an activating group) is 1.